The van der Waals surface area contributed by atoms with Gasteiger partial charge in [0.2, 0.25) is 0 Å². The molecule has 19 heavy (non-hydrogen) atoms. The molecule has 1 aliphatic rings. The van der Waals surface area contributed by atoms with Crippen LogP contribution < -0.4 is 5.73 Å². The van der Waals surface area contributed by atoms with Crippen LogP contribution in [0.2, 0.25) is 0 Å². The second-order valence-corrected chi connectivity index (χ2v) is 6.14. The lowest BCUT2D eigenvalue weighted by Crippen LogP contribution is -2.49. The lowest BCUT2D eigenvalue weighted by atomic mass is 9.91. The van der Waals surface area contributed by atoms with Gasteiger partial charge in [0, 0.05) is 24.7 Å². The van der Waals surface area contributed by atoms with Crippen LogP contribution in [0.3, 0.4) is 0 Å². The van der Waals surface area contributed by atoms with E-state index >= 15 is 0 Å². The number of piperidine rings is 1. The molecule has 1 fully saturated rings. The Bertz CT molecular complexity index is 427. The third-order valence-corrected chi connectivity index (χ3v) is 4.82. The summed E-state index contributed by atoms with van der Waals surface area (Å²) in [5, 5.41) is 0. The highest BCUT2D eigenvalue weighted by Crippen LogP contribution is 2.32. The average Bonchev–Trinajstić information content (AvgIpc) is 2.40. The van der Waals surface area contributed by atoms with E-state index in [0.717, 1.165) is 6.54 Å². The van der Waals surface area contributed by atoms with Gasteiger partial charge in [-0.2, -0.15) is 0 Å². The SMILES string of the molecule is Cc1ccc(C(C)N2C(C)CCCC2CN)cc1C. The molecule has 0 bridgehead atoms. The molecule has 0 aromatic heterocycles. The molecule has 1 aromatic rings. The van der Waals surface area contributed by atoms with Crippen molar-refractivity contribution in [2.75, 3.05) is 6.54 Å². The number of nitrogens with zero attached hydrogens (tertiary/aromatic N) is 1. The summed E-state index contributed by atoms with van der Waals surface area (Å²) < 4.78 is 0. The lowest BCUT2D eigenvalue weighted by molar-refractivity contribution is 0.0570. The highest BCUT2D eigenvalue weighted by molar-refractivity contribution is 5.31. The van der Waals surface area contributed by atoms with Crippen molar-refractivity contribution in [1.29, 1.82) is 0 Å². The summed E-state index contributed by atoms with van der Waals surface area (Å²) in [4.78, 5) is 2.63. The predicted octanol–water partition coefficient (Wildman–Crippen LogP) is 3.57. The molecule has 0 radical (unpaired) electrons. The van der Waals surface area contributed by atoms with Crippen LogP contribution in [-0.2, 0) is 0 Å². The minimum Gasteiger partial charge on any atom is -0.329 e. The molecule has 1 aromatic carbocycles. The van der Waals surface area contributed by atoms with Crippen molar-refractivity contribution < 1.29 is 0 Å². The molecule has 3 atom stereocenters. The minimum atomic E-state index is 0.461. The van der Waals surface area contributed by atoms with E-state index in [1.54, 1.807) is 0 Å². The molecule has 1 heterocycles. The molecule has 2 N–H and O–H groups in total. The Morgan fingerprint density at radius 2 is 2.00 bits per heavy atom. The first kappa shape index (κ1) is 14.5. The van der Waals surface area contributed by atoms with E-state index in [2.05, 4.69) is 50.8 Å². The highest BCUT2D eigenvalue weighted by atomic mass is 15.2. The fourth-order valence-corrected chi connectivity index (χ4v) is 3.44. The molecule has 1 aliphatic heterocycles. The predicted molar refractivity (Wildman–Crippen MR) is 82.3 cm³/mol. The lowest BCUT2D eigenvalue weighted by Gasteiger charge is -2.44. The number of aryl methyl sites for hydroxylation is 2. The smallest absolute Gasteiger partial charge is 0.0326 e. The van der Waals surface area contributed by atoms with Gasteiger partial charge in [-0.1, -0.05) is 24.6 Å². The Labute approximate surface area is 118 Å². The van der Waals surface area contributed by atoms with Crippen molar-refractivity contribution in [3.63, 3.8) is 0 Å². The van der Waals surface area contributed by atoms with E-state index in [1.807, 2.05) is 0 Å². The number of rotatable bonds is 3. The number of hydrogen-bond donors (Lipinski definition) is 1. The van der Waals surface area contributed by atoms with Gasteiger partial charge in [-0.15, -0.1) is 0 Å². The number of hydrogen-bond acceptors (Lipinski definition) is 2. The number of benzene rings is 1. The second kappa shape index (κ2) is 6.06. The standard InChI is InChI=1S/C17H28N2/c1-12-8-9-16(10-13(12)2)15(4)19-14(3)6-5-7-17(19)11-18/h8-10,14-15,17H,5-7,11,18H2,1-4H3. The summed E-state index contributed by atoms with van der Waals surface area (Å²) in [6, 6.07) is 8.51. The van der Waals surface area contributed by atoms with Crippen LogP contribution in [-0.4, -0.2) is 23.5 Å². The highest BCUT2D eigenvalue weighted by Gasteiger charge is 2.31. The van der Waals surface area contributed by atoms with Crippen molar-refractivity contribution in [3.05, 3.63) is 34.9 Å². The monoisotopic (exact) mass is 260 g/mol. The average molecular weight is 260 g/mol. The second-order valence-electron chi connectivity index (χ2n) is 6.14. The molecule has 2 nitrogen and oxygen atoms in total. The third kappa shape index (κ3) is 3.01. The maximum Gasteiger partial charge on any atom is 0.0326 e. The molecule has 2 heteroatoms. The van der Waals surface area contributed by atoms with E-state index in [1.165, 1.54) is 36.0 Å². The van der Waals surface area contributed by atoms with Gasteiger partial charge in [0.15, 0.2) is 0 Å². The van der Waals surface area contributed by atoms with Gasteiger partial charge in [-0.25, -0.2) is 0 Å². The molecule has 106 valence electrons. The largest absolute Gasteiger partial charge is 0.329 e. The molecule has 0 spiro atoms. The summed E-state index contributed by atoms with van der Waals surface area (Å²) in [5.41, 5.74) is 10.2. The van der Waals surface area contributed by atoms with Crippen LogP contribution >= 0.6 is 0 Å². The third-order valence-electron chi connectivity index (χ3n) is 4.82. The first-order valence-corrected chi connectivity index (χ1v) is 7.59. The summed E-state index contributed by atoms with van der Waals surface area (Å²) in [5.74, 6) is 0. The fraction of sp³-hybridized carbons (Fsp3) is 0.647. The van der Waals surface area contributed by atoms with Gasteiger partial charge >= 0.3 is 0 Å². The summed E-state index contributed by atoms with van der Waals surface area (Å²) in [6.45, 7) is 9.83. The molecular weight excluding hydrogens is 232 g/mol. The van der Waals surface area contributed by atoms with E-state index < -0.39 is 0 Å². The molecule has 0 amide bonds. The molecule has 0 aliphatic carbocycles. The van der Waals surface area contributed by atoms with Crippen molar-refractivity contribution in [2.24, 2.45) is 5.73 Å². The zero-order chi connectivity index (χ0) is 14.0. The Balaban J connectivity index is 2.24. The fourth-order valence-electron chi connectivity index (χ4n) is 3.44. The van der Waals surface area contributed by atoms with Crippen molar-refractivity contribution in [1.82, 2.24) is 4.90 Å². The molecule has 1 saturated heterocycles. The molecule has 0 saturated carbocycles. The number of likely N-dealkylation sites (tertiary alicyclic amines) is 1. The Morgan fingerprint density at radius 1 is 1.26 bits per heavy atom. The van der Waals surface area contributed by atoms with Gasteiger partial charge in [0.25, 0.3) is 0 Å². The van der Waals surface area contributed by atoms with E-state index in [4.69, 9.17) is 5.73 Å². The van der Waals surface area contributed by atoms with E-state index in [-0.39, 0.29) is 0 Å². The first-order valence-electron chi connectivity index (χ1n) is 7.59. The van der Waals surface area contributed by atoms with Crippen LogP contribution in [0.15, 0.2) is 18.2 Å². The minimum absolute atomic E-state index is 0.461. The van der Waals surface area contributed by atoms with Gasteiger partial charge in [-0.05, 0) is 57.2 Å². The topological polar surface area (TPSA) is 29.3 Å². The van der Waals surface area contributed by atoms with E-state index in [0.29, 0.717) is 18.1 Å². The summed E-state index contributed by atoms with van der Waals surface area (Å²) >= 11 is 0. The molecule has 2 rings (SSSR count). The zero-order valence-electron chi connectivity index (χ0n) is 12.8. The van der Waals surface area contributed by atoms with Crippen LogP contribution in [0.25, 0.3) is 0 Å². The maximum atomic E-state index is 5.98. The van der Waals surface area contributed by atoms with E-state index in [9.17, 15) is 0 Å². The normalized spacial score (nSPS) is 26.4. The van der Waals surface area contributed by atoms with Gasteiger partial charge in [-0.3, -0.25) is 4.90 Å². The van der Waals surface area contributed by atoms with Crippen molar-refractivity contribution >= 4 is 0 Å². The first-order chi connectivity index (χ1) is 9.04. The van der Waals surface area contributed by atoms with Crippen LogP contribution in [0.5, 0.6) is 0 Å². The molecular formula is C17H28N2. The number of nitrogens with two attached hydrogens (primary N) is 1. The Kier molecular flexibility index (Phi) is 4.64. The van der Waals surface area contributed by atoms with Crippen LogP contribution in [0, 0.1) is 13.8 Å². The quantitative estimate of drug-likeness (QED) is 0.900. The zero-order valence-corrected chi connectivity index (χ0v) is 12.8. The summed E-state index contributed by atoms with van der Waals surface area (Å²) in [7, 11) is 0. The van der Waals surface area contributed by atoms with Gasteiger partial charge in [0.1, 0.15) is 0 Å². The van der Waals surface area contributed by atoms with Gasteiger partial charge in [0.05, 0.1) is 0 Å². The van der Waals surface area contributed by atoms with Crippen molar-refractivity contribution in [2.45, 2.75) is 65.1 Å². The summed E-state index contributed by atoms with van der Waals surface area (Å²) in [6.07, 6.45) is 3.86. The Hall–Kier alpha value is -0.860. The van der Waals surface area contributed by atoms with Crippen LogP contribution in [0.1, 0.15) is 55.8 Å². The van der Waals surface area contributed by atoms with Crippen molar-refractivity contribution in [3.8, 4) is 0 Å². The Morgan fingerprint density at radius 3 is 2.63 bits per heavy atom. The van der Waals surface area contributed by atoms with Gasteiger partial charge < -0.3 is 5.73 Å². The maximum absolute atomic E-state index is 5.98. The van der Waals surface area contributed by atoms with Crippen LogP contribution in [0.4, 0.5) is 0 Å². The molecule has 3 unspecified atom stereocenters.